The summed E-state index contributed by atoms with van der Waals surface area (Å²) >= 11 is 2.15. The van der Waals surface area contributed by atoms with Crippen LogP contribution in [0.4, 0.5) is 0 Å². The van der Waals surface area contributed by atoms with Crippen molar-refractivity contribution in [2.24, 2.45) is 0 Å². The van der Waals surface area contributed by atoms with E-state index in [9.17, 15) is 4.79 Å². The van der Waals surface area contributed by atoms with Gasteiger partial charge in [-0.2, -0.15) is 0 Å². The van der Waals surface area contributed by atoms with Crippen LogP contribution in [0.5, 0.6) is 5.75 Å². The lowest BCUT2D eigenvalue weighted by Crippen LogP contribution is -1.98. The summed E-state index contributed by atoms with van der Waals surface area (Å²) < 4.78 is 6.02. The average Bonchev–Trinajstić information content (AvgIpc) is 2.57. The molecule has 1 aliphatic carbocycles. The highest BCUT2D eigenvalue weighted by molar-refractivity contribution is 14.1. The number of carbonyl (C=O) groups is 1. The zero-order valence-corrected chi connectivity index (χ0v) is 11.4. The minimum atomic E-state index is 0.255. The highest BCUT2D eigenvalue weighted by Crippen LogP contribution is 2.39. The molecule has 0 aromatic heterocycles. The van der Waals surface area contributed by atoms with Crippen LogP contribution in [0, 0.1) is 0 Å². The molecule has 0 N–H and O–H groups in total. The van der Waals surface area contributed by atoms with Gasteiger partial charge >= 0.3 is 0 Å². The number of allylic oxidation sites excluding steroid dienone is 2. The summed E-state index contributed by atoms with van der Waals surface area (Å²) in [6.45, 7) is 2.04. The number of Topliss-reactive ketones (excluding diaryl/α,β-unsaturated/α-hetero) is 1. The van der Waals surface area contributed by atoms with Gasteiger partial charge in [0.25, 0.3) is 0 Å². The maximum absolute atomic E-state index is 11.6. The van der Waals surface area contributed by atoms with Crippen molar-refractivity contribution in [1.82, 2.24) is 0 Å². The number of hydrogen-bond acceptors (Lipinski definition) is 2. The van der Waals surface area contributed by atoms with Crippen LogP contribution in [-0.4, -0.2) is 12.9 Å². The van der Waals surface area contributed by atoms with Crippen molar-refractivity contribution in [1.29, 1.82) is 0 Å². The molecule has 1 aromatic carbocycles. The molecule has 0 bridgehead atoms. The Hall–Kier alpha value is -0.840. The molecular weight excluding hydrogens is 315 g/mol. The molecule has 84 valence electrons. The summed E-state index contributed by atoms with van der Waals surface area (Å²) in [5, 5.41) is 0. The molecular formula is C13H13IO2. The van der Waals surface area contributed by atoms with Crippen LogP contribution >= 0.6 is 22.6 Å². The Kier molecular flexibility index (Phi) is 3.33. The van der Waals surface area contributed by atoms with Crippen molar-refractivity contribution in [3.8, 4) is 5.75 Å². The van der Waals surface area contributed by atoms with Crippen molar-refractivity contribution in [3.63, 3.8) is 0 Å². The first-order chi connectivity index (χ1) is 7.63. The summed E-state index contributed by atoms with van der Waals surface area (Å²) in [4.78, 5) is 11.6. The lowest BCUT2D eigenvalue weighted by Gasteiger charge is -2.11. The second-order valence-corrected chi connectivity index (χ2v) is 5.03. The molecule has 2 rings (SSSR count). The Bertz CT molecular complexity index is 446. The van der Waals surface area contributed by atoms with Crippen LogP contribution in [-0.2, 0) is 4.79 Å². The fourth-order valence-electron chi connectivity index (χ4n) is 2.01. The van der Waals surface area contributed by atoms with Crippen LogP contribution in [0.25, 0.3) is 0 Å². The Morgan fingerprint density at radius 2 is 1.94 bits per heavy atom. The number of ketones is 1. The number of rotatable bonds is 2. The Balaban J connectivity index is 2.29. The van der Waals surface area contributed by atoms with E-state index in [4.69, 9.17) is 4.74 Å². The molecule has 0 unspecified atom stereocenters. The van der Waals surface area contributed by atoms with E-state index in [1.54, 1.807) is 7.11 Å². The van der Waals surface area contributed by atoms with E-state index in [0.717, 1.165) is 9.33 Å². The third kappa shape index (κ3) is 2.00. The maximum atomic E-state index is 11.6. The van der Waals surface area contributed by atoms with Gasteiger partial charge in [-0.1, -0.05) is 12.1 Å². The summed E-state index contributed by atoms with van der Waals surface area (Å²) in [5.41, 5.74) is 2.38. The van der Waals surface area contributed by atoms with Crippen molar-refractivity contribution >= 4 is 28.4 Å². The van der Waals surface area contributed by atoms with Gasteiger partial charge < -0.3 is 4.74 Å². The van der Waals surface area contributed by atoms with Gasteiger partial charge in [0.15, 0.2) is 5.78 Å². The molecule has 0 saturated heterocycles. The van der Waals surface area contributed by atoms with E-state index < -0.39 is 0 Å². The van der Waals surface area contributed by atoms with Crippen LogP contribution in [0.2, 0.25) is 0 Å². The van der Waals surface area contributed by atoms with E-state index in [1.807, 2.05) is 31.2 Å². The quantitative estimate of drug-likeness (QED) is 0.777. The molecule has 3 heteroatoms. The first kappa shape index (κ1) is 11.6. The van der Waals surface area contributed by atoms with Crippen LogP contribution in [0.3, 0.4) is 0 Å². The predicted octanol–water partition coefficient (Wildman–Crippen LogP) is 3.46. The monoisotopic (exact) mass is 328 g/mol. The van der Waals surface area contributed by atoms with E-state index in [0.29, 0.717) is 6.42 Å². The molecule has 0 spiro atoms. The zero-order chi connectivity index (χ0) is 11.7. The normalized spacial score (nSPS) is 20.4. The minimum absolute atomic E-state index is 0.255. The summed E-state index contributed by atoms with van der Waals surface area (Å²) in [6.07, 6.45) is 0.608. The SMILES string of the molecule is COc1ccc([C@H]2CC(=O)C(I)=C2C)cc1. The van der Waals surface area contributed by atoms with Crippen molar-refractivity contribution in [3.05, 3.63) is 39.0 Å². The van der Waals surface area contributed by atoms with Gasteiger partial charge in [-0.15, -0.1) is 0 Å². The molecule has 16 heavy (non-hydrogen) atoms. The van der Waals surface area contributed by atoms with Crippen LogP contribution < -0.4 is 4.74 Å². The molecule has 0 radical (unpaired) electrons. The molecule has 1 atom stereocenters. The number of ether oxygens (including phenoxy) is 1. The van der Waals surface area contributed by atoms with Crippen molar-refractivity contribution < 1.29 is 9.53 Å². The van der Waals surface area contributed by atoms with E-state index >= 15 is 0 Å². The Labute approximate surface area is 109 Å². The van der Waals surface area contributed by atoms with E-state index in [2.05, 4.69) is 22.6 Å². The Morgan fingerprint density at radius 1 is 1.31 bits per heavy atom. The number of hydrogen-bond donors (Lipinski definition) is 0. The number of methoxy groups -OCH3 is 1. The summed E-state index contributed by atoms with van der Waals surface area (Å²) in [6, 6.07) is 7.96. The first-order valence-corrected chi connectivity index (χ1v) is 6.24. The third-order valence-corrected chi connectivity index (χ3v) is 4.47. The molecule has 2 nitrogen and oxygen atoms in total. The molecule has 1 aromatic rings. The van der Waals surface area contributed by atoms with Gasteiger partial charge in [0.1, 0.15) is 5.75 Å². The smallest absolute Gasteiger partial charge is 0.169 e. The van der Waals surface area contributed by atoms with Crippen LogP contribution in [0.1, 0.15) is 24.8 Å². The standard InChI is InChI=1S/C13H13IO2/c1-8-11(7-12(15)13(8)14)9-3-5-10(16-2)6-4-9/h3-6,11H,7H2,1-2H3/t11-/m0/s1. The maximum Gasteiger partial charge on any atom is 0.169 e. The van der Waals surface area contributed by atoms with Gasteiger partial charge in [0.2, 0.25) is 0 Å². The van der Waals surface area contributed by atoms with Gasteiger partial charge in [-0.3, -0.25) is 4.79 Å². The van der Waals surface area contributed by atoms with Gasteiger partial charge in [-0.05, 0) is 52.8 Å². The average molecular weight is 328 g/mol. The molecule has 0 amide bonds. The van der Waals surface area contributed by atoms with Crippen molar-refractivity contribution in [2.75, 3.05) is 7.11 Å². The topological polar surface area (TPSA) is 26.3 Å². The molecule has 0 aliphatic heterocycles. The molecule has 0 saturated carbocycles. The second-order valence-electron chi connectivity index (χ2n) is 3.95. The minimum Gasteiger partial charge on any atom is -0.497 e. The second kappa shape index (κ2) is 4.57. The number of benzene rings is 1. The van der Waals surface area contributed by atoms with Crippen LogP contribution in [0.15, 0.2) is 33.4 Å². The number of halogens is 1. The lowest BCUT2D eigenvalue weighted by molar-refractivity contribution is -0.114. The van der Waals surface area contributed by atoms with Crippen molar-refractivity contribution in [2.45, 2.75) is 19.3 Å². The van der Waals surface area contributed by atoms with Gasteiger partial charge in [0.05, 0.1) is 10.7 Å². The molecule has 1 aliphatic rings. The highest BCUT2D eigenvalue weighted by Gasteiger charge is 2.28. The number of carbonyl (C=O) groups excluding carboxylic acids is 1. The summed E-state index contributed by atoms with van der Waals surface area (Å²) in [7, 11) is 1.65. The Morgan fingerprint density at radius 3 is 2.38 bits per heavy atom. The predicted molar refractivity (Wildman–Crippen MR) is 72.1 cm³/mol. The molecule has 0 fully saturated rings. The fraction of sp³-hybridized carbons (Fsp3) is 0.308. The third-order valence-electron chi connectivity index (χ3n) is 3.02. The van der Waals surface area contributed by atoms with Gasteiger partial charge in [0, 0.05) is 12.3 Å². The summed E-state index contributed by atoms with van der Waals surface area (Å²) in [5.74, 6) is 1.37. The van der Waals surface area contributed by atoms with Gasteiger partial charge in [-0.25, -0.2) is 0 Å². The molecule has 0 heterocycles. The lowest BCUT2D eigenvalue weighted by atomic mass is 9.93. The first-order valence-electron chi connectivity index (χ1n) is 5.17. The highest BCUT2D eigenvalue weighted by atomic mass is 127. The van der Waals surface area contributed by atoms with E-state index in [1.165, 1.54) is 11.1 Å². The van der Waals surface area contributed by atoms with E-state index in [-0.39, 0.29) is 11.7 Å². The zero-order valence-electron chi connectivity index (χ0n) is 9.29. The fourth-order valence-corrected chi connectivity index (χ4v) is 2.60. The largest absolute Gasteiger partial charge is 0.497 e.